The van der Waals surface area contributed by atoms with Crippen LogP contribution in [0.3, 0.4) is 0 Å². The second kappa shape index (κ2) is 13.4. The fourth-order valence-electron chi connectivity index (χ4n) is 4.40. The average Bonchev–Trinajstić information content (AvgIpc) is 3.47. The summed E-state index contributed by atoms with van der Waals surface area (Å²) in [5, 5.41) is 12.5. The first-order valence-electron chi connectivity index (χ1n) is 12.9. The van der Waals surface area contributed by atoms with Crippen molar-refractivity contribution in [2.75, 3.05) is 24.8 Å². The van der Waals surface area contributed by atoms with Crippen LogP contribution in [0.25, 0.3) is 0 Å². The predicted octanol–water partition coefficient (Wildman–Crippen LogP) is 5.44. The monoisotopic (exact) mass is 576 g/mol. The second-order valence-electron chi connectivity index (χ2n) is 9.50. The Balaban J connectivity index is 1.47. The molecule has 4 rings (SSSR count). The molecule has 1 aliphatic rings. The Morgan fingerprint density at radius 1 is 1.18 bits per heavy atom. The fourth-order valence-corrected chi connectivity index (χ4v) is 6.55. The molecule has 9 nitrogen and oxygen atoms in total. The molecule has 1 atom stereocenters. The number of aromatic nitrogens is 3. The van der Waals surface area contributed by atoms with Crippen LogP contribution < -0.4 is 10.1 Å². The van der Waals surface area contributed by atoms with Crippen LogP contribution in [0.4, 0.5) is 9.39 Å². The number of para-hydroxylation sites is 1. The topological polar surface area (TPSA) is 105 Å². The summed E-state index contributed by atoms with van der Waals surface area (Å²) in [6, 6.07) is 5.99. The highest BCUT2D eigenvalue weighted by molar-refractivity contribution is 7.99. The van der Waals surface area contributed by atoms with Crippen LogP contribution in [0.15, 0.2) is 29.4 Å². The molecule has 2 aromatic heterocycles. The molecule has 0 spiro atoms. The zero-order chi connectivity index (χ0) is 27.9. The maximum Gasteiger partial charge on any atom is 0.341 e. The summed E-state index contributed by atoms with van der Waals surface area (Å²) in [6.07, 6.45) is 3.51. The summed E-state index contributed by atoms with van der Waals surface area (Å²) in [6.45, 7) is 5.93. The van der Waals surface area contributed by atoms with Crippen LogP contribution in [0.2, 0.25) is 0 Å². The Hall–Kier alpha value is -2.96. The number of aryl methyl sites for hydroxylation is 1. The third kappa shape index (κ3) is 7.17. The number of methoxy groups -OCH3 is 1. The molecule has 1 unspecified atom stereocenters. The molecule has 0 bridgehead atoms. The van der Waals surface area contributed by atoms with Crippen LogP contribution in [-0.4, -0.2) is 52.2 Å². The maximum atomic E-state index is 14.0. The number of carbonyl (C=O) groups excluding carboxylic acids is 2. The number of thiophene rings is 1. The van der Waals surface area contributed by atoms with Crippen molar-refractivity contribution in [2.24, 2.45) is 0 Å². The number of benzene rings is 1. The Morgan fingerprint density at radius 2 is 1.95 bits per heavy atom. The third-order valence-electron chi connectivity index (χ3n) is 6.08. The molecule has 1 N–H and O–H groups in total. The molecule has 0 saturated heterocycles. The molecule has 1 aromatic carbocycles. The standard InChI is InChI=1S/C27H33FN4O5S2/c1-16(2)37-26(34)24-18-9-5-8-12-21(18)39-25(24)29-23(33)15-38-27-31-30-22(32(27)17(3)13-35-4)14-36-20-11-7-6-10-19(20)28/h6-7,10-11,16-17H,5,8-9,12-15H2,1-4H3,(H,29,33). The summed E-state index contributed by atoms with van der Waals surface area (Å²) in [5.41, 5.74) is 1.47. The zero-order valence-electron chi connectivity index (χ0n) is 22.5. The lowest BCUT2D eigenvalue weighted by Gasteiger charge is -2.17. The average molecular weight is 577 g/mol. The van der Waals surface area contributed by atoms with Crippen molar-refractivity contribution in [3.8, 4) is 5.75 Å². The number of nitrogens with zero attached hydrogens (tertiary/aromatic N) is 3. The van der Waals surface area contributed by atoms with Crippen LogP contribution in [-0.2, 0) is 33.7 Å². The van der Waals surface area contributed by atoms with Gasteiger partial charge in [0.25, 0.3) is 0 Å². The number of fused-ring (bicyclic) bond motifs is 1. The van der Waals surface area contributed by atoms with E-state index < -0.39 is 11.8 Å². The largest absolute Gasteiger partial charge is 0.483 e. The van der Waals surface area contributed by atoms with E-state index in [0.29, 0.717) is 28.2 Å². The Bertz CT molecular complexity index is 1310. The van der Waals surface area contributed by atoms with Gasteiger partial charge in [-0.15, -0.1) is 21.5 Å². The van der Waals surface area contributed by atoms with E-state index in [1.165, 1.54) is 29.2 Å². The number of anilines is 1. The van der Waals surface area contributed by atoms with Crippen LogP contribution in [0.5, 0.6) is 5.75 Å². The molecule has 1 aliphatic carbocycles. The molecule has 1 amide bonds. The minimum atomic E-state index is -0.466. The highest BCUT2D eigenvalue weighted by atomic mass is 32.2. The van der Waals surface area contributed by atoms with E-state index in [1.54, 1.807) is 25.3 Å². The molecular weight excluding hydrogens is 543 g/mol. The lowest BCUT2D eigenvalue weighted by atomic mass is 9.95. The lowest BCUT2D eigenvalue weighted by Crippen LogP contribution is -2.20. The minimum Gasteiger partial charge on any atom is -0.483 e. The van der Waals surface area contributed by atoms with Gasteiger partial charge >= 0.3 is 5.97 Å². The number of rotatable bonds is 12. The van der Waals surface area contributed by atoms with Gasteiger partial charge in [-0.2, -0.15) is 0 Å². The van der Waals surface area contributed by atoms with Crippen molar-refractivity contribution in [1.29, 1.82) is 0 Å². The smallest absolute Gasteiger partial charge is 0.341 e. The molecule has 0 aliphatic heterocycles. The van der Waals surface area contributed by atoms with Crippen molar-refractivity contribution in [3.05, 3.63) is 51.9 Å². The molecule has 0 saturated carbocycles. The van der Waals surface area contributed by atoms with Gasteiger partial charge in [0.2, 0.25) is 5.91 Å². The molecule has 0 radical (unpaired) electrons. The summed E-state index contributed by atoms with van der Waals surface area (Å²) in [4.78, 5) is 27.1. The van der Waals surface area contributed by atoms with Gasteiger partial charge in [0, 0.05) is 12.0 Å². The van der Waals surface area contributed by atoms with E-state index in [2.05, 4.69) is 15.5 Å². The first-order valence-corrected chi connectivity index (χ1v) is 14.7. The number of esters is 1. The summed E-state index contributed by atoms with van der Waals surface area (Å²) < 4.78 is 32.3. The van der Waals surface area contributed by atoms with E-state index in [4.69, 9.17) is 14.2 Å². The molecule has 3 aromatic rings. The van der Waals surface area contributed by atoms with Gasteiger partial charge in [0.05, 0.1) is 30.1 Å². The Labute approximate surface area is 235 Å². The van der Waals surface area contributed by atoms with Crippen molar-refractivity contribution in [1.82, 2.24) is 14.8 Å². The van der Waals surface area contributed by atoms with Crippen LogP contribution in [0.1, 0.15) is 66.3 Å². The van der Waals surface area contributed by atoms with E-state index in [0.717, 1.165) is 36.1 Å². The number of thioether (sulfide) groups is 1. The molecule has 0 fully saturated rings. The number of ether oxygens (including phenoxy) is 3. The van der Waals surface area contributed by atoms with Gasteiger partial charge in [0.1, 0.15) is 11.6 Å². The lowest BCUT2D eigenvalue weighted by molar-refractivity contribution is -0.113. The zero-order valence-corrected chi connectivity index (χ0v) is 24.1. The SMILES string of the molecule is COCC(C)n1c(COc2ccccc2F)nnc1SCC(=O)Nc1sc2c(c1C(=O)OC(C)C)CCCC2. The number of hydrogen-bond acceptors (Lipinski definition) is 9. The van der Waals surface area contributed by atoms with Gasteiger partial charge in [-0.1, -0.05) is 23.9 Å². The van der Waals surface area contributed by atoms with Crippen molar-refractivity contribution in [3.63, 3.8) is 0 Å². The number of amides is 1. The van der Waals surface area contributed by atoms with Gasteiger partial charge in [-0.05, 0) is 64.2 Å². The van der Waals surface area contributed by atoms with Crippen LogP contribution in [0, 0.1) is 5.82 Å². The quantitative estimate of drug-likeness (QED) is 0.225. The van der Waals surface area contributed by atoms with Gasteiger partial charge in [0.15, 0.2) is 22.5 Å². The molecule has 12 heteroatoms. The van der Waals surface area contributed by atoms with E-state index in [-0.39, 0.29) is 36.2 Å². The van der Waals surface area contributed by atoms with Crippen molar-refractivity contribution >= 4 is 40.0 Å². The van der Waals surface area contributed by atoms with Crippen molar-refractivity contribution in [2.45, 2.75) is 70.4 Å². The number of halogens is 1. The number of nitrogens with one attached hydrogen (secondary N) is 1. The second-order valence-corrected chi connectivity index (χ2v) is 11.5. The Kier molecular flexibility index (Phi) is 9.98. The van der Waals surface area contributed by atoms with E-state index >= 15 is 0 Å². The van der Waals surface area contributed by atoms with Crippen LogP contribution >= 0.6 is 23.1 Å². The molecule has 210 valence electrons. The van der Waals surface area contributed by atoms with Crippen molar-refractivity contribution < 1.29 is 28.2 Å². The van der Waals surface area contributed by atoms with Gasteiger partial charge in [-0.25, -0.2) is 9.18 Å². The van der Waals surface area contributed by atoms with E-state index in [9.17, 15) is 14.0 Å². The summed E-state index contributed by atoms with van der Waals surface area (Å²) in [5.74, 6) is -0.490. The summed E-state index contributed by atoms with van der Waals surface area (Å²) in [7, 11) is 1.60. The third-order valence-corrected chi connectivity index (χ3v) is 8.23. The minimum absolute atomic E-state index is 0.00316. The maximum absolute atomic E-state index is 14.0. The highest BCUT2D eigenvalue weighted by Crippen LogP contribution is 2.39. The first-order chi connectivity index (χ1) is 18.8. The first kappa shape index (κ1) is 29.0. The van der Waals surface area contributed by atoms with E-state index in [1.807, 2.05) is 25.3 Å². The fraction of sp³-hybridized carbons (Fsp3) is 0.481. The van der Waals surface area contributed by atoms with Gasteiger partial charge < -0.3 is 19.5 Å². The Morgan fingerprint density at radius 3 is 2.69 bits per heavy atom. The molecular formula is C27H33FN4O5S2. The number of carbonyl (C=O) groups is 2. The normalized spacial score (nSPS) is 13.7. The number of hydrogen-bond donors (Lipinski definition) is 1. The van der Waals surface area contributed by atoms with Gasteiger partial charge in [-0.3, -0.25) is 9.36 Å². The molecule has 39 heavy (non-hydrogen) atoms. The summed E-state index contributed by atoms with van der Waals surface area (Å²) >= 11 is 2.67. The molecule has 2 heterocycles. The predicted molar refractivity (Wildman–Crippen MR) is 148 cm³/mol. The highest BCUT2D eigenvalue weighted by Gasteiger charge is 2.28.